The lowest BCUT2D eigenvalue weighted by Crippen LogP contribution is -2.48. The Morgan fingerprint density at radius 3 is 2.62 bits per heavy atom. The molecule has 0 aliphatic carbocycles. The summed E-state index contributed by atoms with van der Waals surface area (Å²) in [5.74, 6) is 0.0601. The van der Waals surface area contributed by atoms with E-state index in [1.54, 1.807) is 4.90 Å². The van der Waals surface area contributed by atoms with Crippen LogP contribution in [0.3, 0.4) is 0 Å². The van der Waals surface area contributed by atoms with E-state index >= 15 is 0 Å². The van der Waals surface area contributed by atoms with Crippen LogP contribution < -0.4 is 5.32 Å². The average Bonchev–Trinajstić information content (AvgIpc) is 2.79. The van der Waals surface area contributed by atoms with E-state index in [1.165, 1.54) is 0 Å². The highest BCUT2D eigenvalue weighted by Crippen LogP contribution is 2.23. The Labute approximate surface area is 134 Å². The molecule has 1 unspecified atom stereocenters. The zero-order chi connectivity index (χ0) is 15.6. The molecule has 0 bridgehead atoms. The van der Waals surface area contributed by atoms with Gasteiger partial charge in [-0.15, -0.1) is 0 Å². The molecule has 5 heteroatoms. The minimum Gasteiger partial charge on any atom is -0.330 e. The number of likely N-dealkylation sites (tertiary alicyclic amines) is 1. The lowest BCUT2D eigenvalue weighted by molar-refractivity contribution is -0.136. The van der Waals surface area contributed by atoms with E-state index in [9.17, 15) is 9.59 Å². The summed E-state index contributed by atoms with van der Waals surface area (Å²) in [6.45, 7) is 6.58. The summed E-state index contributed by atoms with van der Waals surface area (Å²) in [6, 6.07) is 5.33. The molecule has 2 rings (SSSR count). The van der Waals surface area contributed by atoms with Gasteiger partial charge in [-0.1, -0.05) is 29.8 Å². The molecule has 1 heterocycles. The number of carbonyl (C=O) groups excluding carboxylic acids is 2. The van der Waals surface area contributed by atoms with Crippen molar-refractivity contribution >= 4 is 33.4 Å². The van der Waals surface area contributed by atoms with Crippen molar-refractivity contribution < 1.29 is 9.59 Å². The zero-order valence-electron chi connectivity index (χ0n) is 12.6. The summed E-state index contributed by atoms with van der Waals surface area (Å²) in [4.78, 5) is 26.3. The minimum absolute atomic E-state index is 0.0800. The van der Waals surface area contributed by atoms with Gasteiger partial charge in [0.15, 0.2) is 0 Å². The maximum absolute atomic E-state index is 12.6. The van der Waals surface area contributed by atoms with Crippen molar-refractivity contribution in [1.29, 1.82) is 0 Å². The minimum atomic E-state index is -0.400. The van der Waals surface area contributed by atoms with Gasteiger partial charge in [0.1, 0.15) is 6.04 Å². The monoisotopic (exact) mass is 352 g/mol. The van der Waals surface area contributed by atoms with E-state index in [-0.39, 0.29) is 17.7 Å². The van der Waals surface area contributed by atoms with Crippen LogP contribution in [0.2, 0.25) is 0 Å². The molecule has 1 aromatic carbocycles. The van der Waals surface area contributed by atoms with Gasteiger partial charge in [0.25, 0.3) is 0 Å². The number of nitrogens with one attached hydrogen (secondary N) is 1. The summed E-state index contributed by atoms with van der Waals surface area (Å²) in [7, 11) is 0. The number of nitrogens with zero attached hydrogens (tertiary/aromatic N) is 1. The van der Waals surface area contributed by atoms with E-state index in [0.717, 1.165) is 22.1 Å². The number of halogens is 1. The van der Waals surface area contributed by atoms with Crippen molar-refractivity contribution in [1.82, 2.24) is 4.90 Å². The van der Waals surface area contributed by atoms with Crippen LogP contribution in [0.25, 0.3) is 0 Å². The molecule has 21 heavy (non-hydrogen) atoms. The van der Waals surface area contributed by atoms with E-state index < -0.39 is 6.04 Å². The zero-order valence-corrected chi connectivity index (χ0v) is 14.2. The Hall–Kier alpha value is -1.36. The van der Waals surface area contributed by atoms with Crippen LogP contribution >= 0.6 is 15.9 Å². The van der Waals surface area contributed by atoms with Gasteiger partial charge in [-0.25, -0.2) is 0 Å². The average molecular weight is 353 g/mol. The molecule has 0 spiro atoms. The normalized spacial score (nSPS) is 16.4. The van der Waals surface area contributed by atoms with Gasteiger partial charge in [-0.2, -0.15) is 0 Å². The fourth-order valence-electron chi connectivity index (χ4n) is 2.74. The van der Waals surface area contributed by atoms with Gasteiger partial charge < -0.3 is 10.2 Å². The van der Waals surface area contributed by atoms with Gasteiger partial charge in [-0.05, 0) is 43.0 Å². The second-order valence-corrected chi connectivity index (χ2v) is 6.74. The molecule has 0 saturated carbocycles. The van der Waals surface area contributed by atoms with Crippen LogP contribution in [-0.4, -0.2) is 29.3 Å². The van der Waals surface area contributed by atoms with Crippen LogP contribution in [-0.2, 0) is 9.59 Å². The first-order valence-corrected chi connectivity index (χ1v) is 8.06. The number of rotatable bonds is 4. The molecule has 4 nitrogen and oxygen atoms in total. The van der Waals surface area contributed by atoms with Gasteiger partial charge in [0.05, 0.1) is 0 Å². The number of hydrogen-bond donors (Lipinski definition) is 1. The maximum atomic E-state index is 12.6. The number of carbonyl (C=O) groups is 2. The standard InChI is InChI=1S/C16H21BrN2O2/c1-10(2)15(19-8-4-5-14(19)20)16(21)18-13-7-6-12(17)9-11(13)3/h6-7,9-10,15H,4-5,8H2,1-3H3,(H,18,21). The summed E-state index contributed by atoms with van der Waals surface area (Å²) in [5, 5.41) is 2.96. The first-order valence-electron chi connectivity index (χ1n) is 7.26. The maximum Gasteiger partial charge on any atom is 0.247 e. The molecule has 1 fully saturated rings. The highest BCUT2D eigenvalue weighted by atomic mass is 79.9. The summed E-state index contributed by atoms with van der Waals surface area (Å²) in [6.07, 6.45) is 1.39. The smallest absolute Gasteiger partial charge is 0.247 e. The Kier molecular flexibility index (Phi) is 5.04. The van der Waals surface area contributed by atoms with Crippen molar-refractivity contribution in [3.63, 3.8) is 0 Å². The molecule has 1 atom stereocenters. The molecule has 114 valence electrons. The number of amides is 2. The summed E-state index contributed by atoms with van der Waals surface area (Å²) >= 11 is 3.41. The third-order valence-corrected chi connectivity index (χ3v) is 4.29. The van der Waals surface area contributed by atoms with Crippen molar-refractivity contribution in [3.8, 4) is 0 Å². The number of anilines is 1. The number of aryl methyl sites for hydroxylation is 1. The molecule has 1 saturated heterocycles. The van der Waals surface area contributed by atoms with Crippen molar-refractivity contribution in [2.45, 2.75) is 39.7 Å². The molecule has 2 amide bonds. The SMILES string of the molecule is Cc1cc(Br)ccc1NC(=O)C(C(C)C)N1CCCC1=O. The fraction of sp³-hybridized carbons (Fsp3) is 0.500. The van der Waals surface area contributed by atoms with E-state index in [0.29, 0.717) is 13.0 Å². The predicted molar refractivity (Wildman–Crippen MR) is 87.1 cm³/mol. The molecule has 1 aromatic rings. The Bertz CT molecular complexity index is 557. The largest absolute Gasteiger partial charge is 0.330 e. The molecule has 1 aliphatic heterocycles. The fourth-order valence-corrected chi connectivity index (χ4v) is 3.22. The highest BCUT2D eigenvalue weighted by molar-refractivity contribution is 9.10. The van der Waals surface area contributed by atoms with Crippen LogP contribution in [0.5, 0.6) is 0 Å². The van der Waals surface area contributed by atoms with Gasteiger partial charge >= 0.3 is 0 Å². The quantitative estimate of drug-likeness (QED) is 0.903. The second-order valence-electron chi connectivity index (χ2n) is 5.83. The van der Waals surface area contributed by atoms with Crippen LogP contribution in [0.4, 0.5) is 5.69 Å². The van der Waals surface area contributed by atoms with Gasteiger partial charge in [0, 0.05) is 23.1 Å². The van der Waals surface area contributed by atoms with Crippen LogP contribution in [0.1, 0.15) is 32.3 Å². The molecule has 0 radical (unpaired) electrons. The first-order chi connectivity index (χ1) is 9.90. The Morgan fingerprint density at radius 1 is 1.38 bits per heavy atom. The molecular formula is C16H21BrN2O2. The topological polar surface area (TPSA) is 49.4 Å². The Balaban J connectivity index is 2.17. The van der Waals surface area contributed by atoms with E-state index in [1.807, 2.05) is 39.0 Å². The second kappa shape index (κ2) is 6.60. The summed E-state index contributed by atoms with van der Waals surface area (Å²) in [5.41, 5.74) is 1.79. The van der Waals surface area contributed by atoms with Crippen molar-refractivity contribution in [3.05, 3.63) is 28.2 Å². The lowest BCUT2D eigenvalue weighted by Gasteiger charge is -2.30. The lowest BCUT2D eigenvalue weighted by atomic mass is 10.0. The van der Waals surface area contributed by atoms with Crippen LogP contribution in [0, 0.1) is 12.8 Å². The molecular weight excluding hydrogens is 332 g/mol. The highest BCUT2D eigenvalue weighted by Gasteiger charge is 2.34. The third-order valence-electron chi connectivity index (χ3n) is 3.79. The third kappa shape index (κ3) is 3.64. The first kappa shape index (κ1) is 16.0. The van der Waals surface area contributed by atoms with Crippen molar-refractivity contribution in [2.24, 2.45) is 5.92 Å². The number of hydrogen-bond acceptors (Lipinski definition) is 2. The molecule has 1 N–H and O–H groups in total. The predicted octanol–water partition coefficient (Wildman–Crippen LogP) is 3.34. The van der Waals surface area contributed by atoms with E-state index in [4.69, 9.17) is 0 Å². The van der Waals surface area contributed by atoms with Crippen LogP contribution in [0.15, 0.2) is 22.7 Å². The van der Waals surface area contributed by atoms with Gasteiger partial charge in [-0.3, -0.25) is 9.59 Å². The number of benzene rings is 1. The summed E-state index contributed by atoms with van der Waals surface area (Å²) < 4.78 is 0.980. The van der Waals surface area contributed by atoms with Crippen molar-refractivity contribution in [2.75, 3.05) is 11.9 Å². The van der Waals surface area contributed by atoms with Gasteiger partial charge in [0.2, 0.25) is 11.8 Å². The molecule has 0 aromatic heterocycles. The van der Waals surface area contributed by atoms with E-state index in [2.05, 4.69) is 21.2 Å². The Morgan fingerprint density at radius 2 is 2.10 bits per heavy atom. The molecule has 1 aliphatic rings.